The number of piperidine rings is 1. The topological polar surface area (TPSA) is 47.4 Å². The number of nitrogens with zero attached hydrogens (tertiary/aromatic N) is 3. The number of hydrogen-bond acceptors (Lipinski definition) is 4. The first-order valence-electron chi connectivity index (χ1n) is 12.6. The Morgan fingerprint density at radius 2 is 1.66 bits per heavy atom. The van der Waals surface area contributed by atoms with Gasteiger partial charge in [-0.25, -0.2) is 4.98 Å². The first kappa shape index (κ1) is 23.3. The van der Waals surface area contributed by atoms with Crippen molar-refractivity contribution in [3.8, 4) is 22.6 Å². The van der Waals surface area contributed by atoms with Crippen molar-refractivity contribution >= 4 is 10.9 Å². The first-order valence-corrected chi connectivity index (χ1v) is 12.6. The summed E-state index contributed by atoms with van der Waals surface area (Å²) < 4.78 is 7.65. The number of hydrogen-bond donors (Lipinski definition) is 0. The summed E-state index contributed by atoms with van der Waals surface area (Å²) in [4.78, 5) is 20.8. The van der Waals surface area contributed by atoms with Crippen LogP contribution in [0.2, 0.25) is 0 Å². The normalized spacial score (nSPS) is 14.3. The Balaban J connectivity index is 1.34. The molecule has 4 aromatic rings. The summed E-state index contributed by atoms with van der Waals surface area (Å²) in [6, 6.07) is 22.0. The third-order valence-corrected chi connectivity index (χ3v) is 6.82. The summed E-state index contributed by atoms with van der Waals surface area (Å²) in [6.45, 7) is 8.18. The molecular formula is C30H33N3O2. The van der Waals surface area contributed by atoms with E-state index in [1.54, 1.807) is 4.57 Å². The molecule has 0 amide bonds. The highest BCUT2D eigenvalue weighted by Gasteiger charge is 2.12. The summed E-state index contributed by atoms with van der Waals surface area (Å²) in [5.41, 5.74) is 4.76. The van der Waals surface area contributed by atoms with Crippen LogP contribution in [-0.4, -0.2) is 40.7 Å². The fourth-order valence-electron chi connectivity index (χ4n) is 4.96. The average Bonchev–Trinajstić information content (AvgIpc) is 2.88. The fourth-order valence-corrected chi connectivity index (χ4v) is 4.96. The van der Waals surface area contributed by atoms with Crippen molar-refractivity contribution in [2.24, 2.45) is 0 Å². The van der Waals surface area contributed by atoms with E-state index in [1.165, 1.54) is 37.9 Å². The lowest BCUT2D eigenvalue weighted by Crippen LogP contribution is -2.31. The molecule has 0 aliphatic carbocycles. The Hall–Kier alpha value is -3.44. The molecule has 5 heteroatoms. The number of aromatic nitrogens is 2. The van der Waals surface area contributed by atoms with Crippen LogP contribution < -0.4 is 10.3 Å². The minimum Gasteiger partial charge on any atom is -0.494 e. The van der Waals surface area contributed by atoms with Crippen LogP contribution in [-0.2, 0) is 0 Å². The molecule has 1 aliphatic heterocycles. The molecule has 0 atom stereocenters. The second-order valence-corrected chi connectivity index (χ2v) is 9.50. The van der Waals surface area contributed by atoms with E-state index in [2.05, 4.69) is 30.0 Å². The SMILES string of the molecule is Cc1cccc(-c2ccc3nc(C)n(-c4ccc(OCCCN5CCCCC5)cc4)c(=O)c3c2)c1. The van der Waals surface area contributed by atoms with Crippen LogP contribution in [0.3, 0.4) is 0 Å². The van der Waals surface area contributed by atoms with Gasteiger partial charge in [0.15, 0.2) is 0 Å². The molecule has 2 heterocycles. The molecule has 180 valence electrons. The van der Waals surface area contributed by atoms with E-state index in [-0.39, 0.29) is 5.56 Å². The largest absolute Gasteiger partial charge is 0.494 e. The van der Waals surface area contributed by atoms with Gasteiger partial charge in [0.25, 0.3) is 5.56 Å². The third-order valence-electron chi connectivity index (χ3n) is 6.82. The van der Waals surface area contributed by atoms with Gasteiger partial charge >= 0.3 is 0 Å². The zero-order valence-corrected chi connectivity index (χ0v) is 20.7. The van der Waals surface area contributed by atoms with Crippen LogP contribution in [0.4, 0.5) is 0 Å². The molecule has 1 fully saturated rings. The van der Waals surface area contributed by atoms with Crippen LogP contribution >= 0.6 is 0 Å². The quantitative estimate of drug-likeness (QED) is 0.316. The molecule has 1 aliphatic rings. The summed E-state index contributed by atoms with van der Waals surface area (Å²) in [7, 11) is 0. The van der Waals surface area contributed by atoms with Gasteiger partial charge in [0.1, 0.15) is 11.6 Å². The van der Waals surface area contributed by atoms with Crippen LogP contribution in [0.1, 0.15) is 37.1 Å². The maximum Gasteiger partial charge on any atom is 0.265 e. The van der Waals surface area contributed by atoms with Gasteiger partial charge in [0.05, 0.1) is 23.2 Å². The van der Waals surface area contributed by atoms with E-state index < -0.39 is 0 Å². The Labute approximate surface area is 207 Å². The number of aryl methyl sites for hydroxylation is 2. The molecule has 35 heavy (non-hydrogen) atoms. The highest BCUT2D eigenvalue weighted by atomic mass is 16.5. The van der Waals surface area contributed by atoms with Gasteiger partial charge in [0, 0.05) is 6.54 Å². The maximum atomic E-state index is 13.5. The lowest BCUT2D eigenvalue weighted by Gasteiger charge is -2.26. The Morgan fingerprint density at radius 3 is 2.43 bits per heavy atom. The summed E-state index contributed by atoms with van der Waals surface area (Å²) in [6.07, 6.45) is 5.02. The molecule has 0 unspecified atom stereocenters. The van der Waals surface area contributed by atoms with Crippen molar-refractivity contribution in [3.63, 3.8) is 0 Å². The molecule has 5 rings (SSSR count). The number of ether oxygens (including phenoxy) is 1. The lowest BCUT2D eigenvalue weighted by atomic mass is 10.0. The standard InChI is InChI=1S/C30H33N3O2/c1-22-8-6-9-24(20-22)25-10-15-29-28(21-25)30(34)33(23(2)31-29)26-11-13-27(14-12-26)35-19-7-18-32-16-4-3-5-17-32/h6,8-15,20-21H,3-5,7,16-19H2,1-2H3. The molecular weight excluding hydrogens is 434 g/mol. The molecule has 0 radical (unpaired) electrons. The zero-order chi connectivity index (χ0) is 24.2. The number of benzene rings is 3. The van der Waals surface area contributed by atoms with Gasteiger partial charge in [0.2, 0.25) is 0 Å². The van der Waals surface area contributed by atoms with Crippen molar-refractivity contribution in [1.82, 2.24) is 14.5 Å². The zero-order valence-electron chi connectivity index (χ0n) is 20.7. The van der Waals surface area contributed by atoms with Crippen molar-refractivity contribution in [1.29, 1.82) is 0 Å². The lowest BCUT2D eigenvalue weighted by molar-refractivity contribution is 0.205. The van der Waals surface area contributed by atoms with Gasteiger partial charge in [-0.05, 0) is 93.7 Å². The van der Waals surface area contributed by atoms with Crippen molar-refractivity contribution in [2.45, 2.75) is 39.5 Å². The minimum absolute atomic E-state index is 0.0581. The van der Waals surface area contributed by atoms with Gasteiger partial charge in [-0.15, -0.1) is 0 Å². The molecule has 0 spiro atoms. The summed E-state index contributed by atoms with van der Waals surface area (Å²) in [5.74, 6) is 1.49. The monoisotopic (exact) mass is 467 g/mol. The van der Waals surface area contributed by atoms with E-state index in [9.17, 15) is 4.79 Å². The van der Waals surface area contributed by atoms with Crippen LogP contribution in [0.5, 0.6) is 5.75 Å². The third kappa shape index (κ3) is 5.30. The second kappa shape index (κ2) is 10.4. The molecule has 1 aromatic heterocycles. The van der Waals surface area contributed by atoms with E-state index in [1.807, 2.05) is 55.5 Å². The Bertz CT molecular complexity index is 1370. The molecule has 3 aromatic carbocycles. The molecule has 5 nitrogen and oxygen atoms in total. The second-order valence-electron chi connectivity index (χ2n) is 9.50. The number of rotatable bonds is 7. The number of likely N-dealkylation sites (tertiary alicyclic amines) is 1. The van der Waals surface area contributed by atoms with E-state index in [4.69, 9.17) is 9.72 Å². The van der Waals surface area contributed by atoms with E-state index >= 15 is 0 Å². The van der Waals surface area contributed by atoms with Crippen molar-refractivity contribution < 1.29 is 4.74 Å². The summed E-state index contributed by atoms with van der Waals surface area (Å²) in [5, 5.41) is 0.618. The fraction of sp³-hybridized carbons (Fsp3) is 0.333. The van der Waals surface area contributed by atoms with Crippen molar-refractivity contribution in [2.75, 3.05) is 26.2 Å². The first-order chi connectivity index (χ1) is 17.1. The maximum absolute atomic E-state index is 13.5. The Morgan fingerprint density at radius 1 is 0.886 bits per heavy atom. The van der Waals surface area contributed by atoms with Crippen LogP contribution in [0.15, 0.2) is 71.5 Å². The predicted molar refractivity (Wildman–Crippen MR) is 143 cm³/mol. The smallest absolute Gasteiger partial charge is 0.265 e. The van der Waals surface area contributed by atoms with Gasteiger partial charge < -0.3 is 9.64 Å². The van der Waals surface area contributed by atoms with Crippen LogP contribution in [0.25, 0.3) is 27.7 Å². The number of fused-ring (bicyclic) bond motifs is 1. The molecule has 0 bridgehead atoms. The van der Waals surface area contributed by atoms with Crippen molar-refractivity contribution in [3.05, 3.63) is 88.5 Å². The minimum atomic E-state index is -0.0581. The van der Waals surface area contributed by atoms with Gasteiger partial charge in [-0.2, -0.15) is 0 Å². The molecule has 1 saturated heterocycles. The summed E-state index contributed by atoms with van der Waals surface area (Å²) >= 11 is 0. The Kier molecular flexibility index (Phi) is 6.96. The van der Waals surface area contributed by atoms with E-state index in [0.29, 0.717) is 23.3 Å². The highest BCUT2D eigenvalue weighted by Crippen LogP contribution is 2.24. The van der Waals surface area contributed by atoms with Gasteiger partial charge in [-0.1, -0.05) is 42.3 Å². The van der Waals surface area contributed by atoms with E-state index in [0.717, 1.165) is 35.5 Å². The average molecular weight is 468 g/mol. The molecule has 0 saturated carbocycles. The molecule has 0 N–H and O–H groups in total. The van der Waals surface area contributed by atoms with Gasteiger partial charge in [-0.3, -0.25) is 9.36 Å². The highest BCUT2D eigenvalue weighted by molar-refractivity contribution is 5.84. The van der Waals surface area contributed by atoms with Crippen LogP contribution in [0, 0.1) is 13.8 Å². The predicted octanol–water partition coefficient (Wildman–Crippen LogP) is 5.92.